The molecule has 0 aromatic heterocycles. The van der Waals surface area contributed by atoms with E-state index in [9.17, 15) is 4.91 Å². The van der Waals surface area contributed by atoms with Crippen molar-refractivity contribution in [2.45, 2.75) is 44.9 Å². The van der Waals surface area contributed by atoms with Crippen molar-refractivity contribution in [3.05, 3.63) is 58.5 Å². The van der Waals surface area contributed by atoms with Gasteiger partial charge in [0.1, 0.15) is 5.75 Å². The Morgan fingerprint density at radius 3 is 2.32 bits per heavy atom. The van der Waals surface area contributed by atoms with Crippen LogP contribution in [-0.2, 0) is 6.42 Å². The van der Waals surface area contributed by atoms with Crippen LogP contribution in [0.15, 0.2) is 47.6 Å². The van der Waals surface area contributed by atoms with Gasteiger partial charge in [-0.05, 0) is 59.4 Å². The molecule has 1 fully saturated rings. The fourth-order valence-corrected chi connectivity index (χ4v) is 3.84. The van der Waals surface area contributed by atoms with Gasteiger partial charge >= 0.3 is 0 Å². The molecule has 0 N–H and O–H groups in total. The quantitative estimate of drug-likeness (QED) is 0.610. The predicted octanol–water partition coefficient (Wildman–Crippen LogP) is 5.96. The summed E-state index contributed by atoms with van der Waals surface area (Å²) in [7, 11) is 1.67. The maximum absolute atomic E-state index is 10.4. The lowest BCUT2D eigenvalue weighted by Gasteiger charge is -2.26. The Morgan fingerprint density at radius 2 is 1.68 bits per heavy atom. The summed E-state index contributed by atoms with van der Waals surface area (Å²) >= 11 is 0. The second-order valence-corrected chi connectivity index (χ2v) is 7.21. The summed E-state index contributed by atoms with van der Waals surface area (Å²) in [5.41, 5.74) is 4.84. The summed E-state index contributed by atoms with van der Waals surface area (Å²) in [6, 6.07) is 15.2. The molecule has 2 aromatic carbocycles. The molecule has 1 saturated carbocycles. The minimum atomic E-state index is 0.282. The van der Waals surface area contributed by atoms with E-state index < -0.39 is 0 Å². The van der Waals surface area contributed by atoms with Gasteiger partial charge in [-0.2, -0.15) is 4.91 Å². The summed E-state index contributed by atoms with van der Waals surface area (Å²) in [5, 5.41) is 2.94. The second-order valence-electron chi connectivity index (χ2n) is 7.21. The molecule has 0 unspecified atom stereocenters. The van der Waals surface area contributed by atoms with Gasteiger partial charge in [-0.15, -0.1) is 0 Å². The van der Waals surface area contributed by atoms with E-state index in [0.717, 1.165) is 28.7 Å². The van der Waals surface area contributed by atoms with E-state index in [0.29, 0.717) is 6.42 Å². The van der Waals surface area contributed by atoms with Gasteiger partial charge in [-0.25, -0.2) is 0 Å². The highest BCUT2D eigenvalue weighted by molar-refractivity contribution is 5.66. The number of hydrogen-bond donors (Lipinski definition) is 0. The SMILES string of the molecule is COc1cc(-c2ccc(C3CCC(C)CC3)cc2)ccc1CCN=O. The van der Waals surface area contributed by atoms with Crippen molar-refractivity contribution in [3.8, 4) is 16.9 Å². The van der Waals surface area contributed by atoms with E-state index in [1.54, 1.807) is 7.11 Å². The van der Waals surface area contributed by atoms with Crippen LogP contribution in [0.25, 0.3) is 11.1 Å². The molecule has 0 spiro atoms. The van der Waals surface area contributed by atoms with E-state index >= 15 is 0 Å². The molecule has 0 bridgehead atoms. The first-order valence-corrected chi connectivity index (χ1v) is 9.27. The highest BCUT2D eigenvalue weighted by atomic mass is 16.5. The first-order valence-electron chi connectivity index (χ1n) is 9.27. The molecule has 3 nitrogen and oxygen atoms in total. The average molecular weight is 337 g/mol. The zero-order chi connectivity index (χ0) is 17.6. The number of nitrogens with zero attached hydrogens (tertiary/aromatic N) is 1. The van der Waals surface area contributed by atoms with Gasteiger partial charge in [0.25, 0.3) is 0 Å². The van der Waals surface area contributed by atoms with Crippen LogP contribution in [0.5, 0.6) is 5.75 Å². The van der Waals surface area contributed by atoms with Crippen molar-refractivity contribution in [2.75, 3.05) is 13.7 Å². The molecule has 0 saturated heterocycles. The normalized spacial score (nSPS) is 20.2. The average Bonchev–Trinajstić information content (AvgIpc) is 2.67. The third kappa shape index (κ3) is 4.28. The van der Waals surface area contributed by atoms with Crippen molar-refractivity contribution >= 4 is 0 Å². The number of nitroso groups, excluding NO2 is 1. The molecule has 0 aliphatic heterocycles. The third-order valence-corrected chi connectivity index (χ3v) is 5.49. The van der Waals surface area contributed by atoms with Crippen molar-refractivity contribution < 1.29 is 4.74 Å². The maximum Gasteiger partial charge on any atom is 0.122 e. The smallest absolute Gasteiger partial charge is 0.122 e. The van der Waals surface area contributed by atoms with Crippen molar-refractivity contribution in [1.29, 1.82) is 0 Å². The summed E-state index contributed by atoms with van der Waals surface area (Å²) in [6.45, 7) is 2.64. The molecule has 3 heteroatoms. The van der Waals surface area contributed by atoms with Crippen LogP contribution in [0.1, 0.15) is 49.7 Å². The number of rotatable bonds is 6. The number of benzene rings is 2. The predicted molar refractivity (Wildman–Crippen MR) is 103 cm³/mol. The van der Waals surface area contributed by atoms with Gasteiger partial charge < -0.3 is 4.74 Å². The van der Waals surface area contributed by atoms with Crippen LogP contribution in [0.3, 0.4) is 0 Å². The third-order valence-electron chi connectivity index (χ3n) is 5.49. The van der Waals surface area contributed by atoms with Crippen LogP contribution in [0, 0.1) is 10.8 Å². The molecule has 0 radical (unpaired) electrons. The Balaban J connectivity index is 1.76. The second kappa shape index (κ2) is 8.28. The number of ether oxygens (including phenoxy) is 1. The lowest BCUT2D eigenvalue weighted by atomic mass is 9.79. The summed E-state index contributed by atoms with van der Waals surface area (Å²) in [6.07, 6.45) is 5.94. The van der Waals surface area contributed by atoms with Crippen molar-refractivity contribution in [1.82, 2.24) is 0 Å². The van der Waals surface area contributed by atoms with E-state index in [1.807, 2.05) is 6.07 Å². The first-order chi connectivity index (χ1) is 12.2. The van der Waals surface area contributed by atoms with Gasteiger partial charge in [-0.3, -0.25) is 0 Å². The number of methoxy groups -OCH3 is 1. The zero-order valence-electron chi connectivity index (χ0n) is 15.2. The molecule has 0 atom stereocenters. The lowest BCUT2D eigenvalue weighted by molar-refractivity contribution is 0.348. The monoisotopic (exact) mass is 337 g/mol. The lowest BCUT2D eigenvalue weighted by Crippen LogP contribution is -2.10. The van der Waals surface area contributed by atoms with E-state index in [-0.39, 0.29) is 6.54 Å². The standard InChI is InChI=1S/C22H27NO2/c1-16-3-5-17(6-4-16)18-7-9-19(10-8-18)21-12-11-20(13-14-23-24)22(15-21)25-2/h7-12,15-17H,3-6,13-14H2,1-2H3. The molecule has 1 aliphatic carbocycles. The molecule has 25 heavy (non-hydrogen) atoms. The summed E-state index contributed by atoms with van der Waals surface area (Å²) < 4.78 is 5.49. The van der Waals surface area contributed by atoms with Gasteiger partial charge in [-0.1, -0.05) is 61.3 Å². The summed E-state index contributed by atoms with van der Waals surface area (Å²) in [5.74, 6) is 2.43. The van der Waals surface area contributed by atoms with Gasteiger partial charge in [0.15, 0.2) is 0 Å². The van der Waals surface area contributed by atoms with Gasteiger partial charge in [0.05, 0.1) is 13.7 Å². The molecule has 2 aromatic rings. The zero-order valence-corrected chi connectivity index (χ0v) is 15.2. The van der Waals surface area contributed by atoms with Crippen molar-refractivity contribution in [3.63, 3.8) is 0 Å². The topological polar surface area (TPSA) is 38.7 Å². The Kier molecular flexibility index (Phi) is 5.85. The Morgan fingerprint density at radius 1 is 1.00 bits per heavy atom. The summed E-state index contributed by atoms with van der Waals surface area (Å²) in [4.78, 5) is 10.4. The Labute approximate surface area is 150 Å². The van der Waals surface area contributed by atoms with Crippen LogP contribution < -0.4 is 4.74 Å². The maximum atomic E-state index is 10.4. The molecule has 1 aliphatic rings. The molecule has 3 rings (SSSR count). The van der Waals surface area contributed by atoms with E-state index in [2.05, 4.69) is 48.5 Å². The Bertz CT molecular complexity index is 700. The van der Waals surface area contributed by atoms with Gasteiger partial charge in [0, 0.05) is 0 Å². The van der Waals surface area contributed by atoms with E-state index in [4.69, 9.17) is 4.74 Å². The van der Waals surface area contributed by atoms with E-state index in [1.165, 1.54) is 36.8 Å². The minimum absolute atomic E-state index is 0.282. The van der Waals surface area contributed by atoms with Gasteiger partial charge in [0.2, 0.25) is 0 Å². The fraction of sp³-hybridized carbons (Fsp3) is 0.455. The minimum Gasteiger partial charge on any atom is -0.496 e. The molecule has 132 valence electrons. The molecular weight excluding hydrogens is 310 g/mol. The molecule has 0 heterocycles. The first kappa shape index (κ1) is 17.7. The largest absolute Gasteiger partial charge is 0.496 e. The fourth-order valence-electron chi connectivity index (χ4n) is 3.84. The molecule has 0 amide bonds. The molecular formula is C22H27NO2. The number of hydrogen-bond acceptors (Lipinski definition) is 3. The Hall–Kier alpha value is -2.16. The van der Waals surface area contributed by atoms with Crippen molar-refractivity contribution in [2.24, 2.45) is 11.1 Å². The van der Waals surface area contributed by atoms with Crippen LogP contribution in [-0.4, -0.2) is 13.7 Å². The highest BCUT2D eigenvalue weighted by Crippen LogP contribution is 2.36. The highest BCUT2D eigenvalue weighted by Gasteiger charge is 2.19. The van der Waals surface area contributed by atoms with Crippen LogP contribution >= 0.6 is 0 Å². The van der Waals surface area contributed by atoms with Crippen LogP contribution in [0.2, 0.25) is 0 Å². The van der Waals surface area contributed by atoms with Crippen LogP contribution in [0.4, 0.5) is 0 Å².